The molecule has 4 N–H and O–H groups in total. The molecule has 0 atom stereocenters. The summed E-state index contributed by atoms with van der Waals surface area (Å²) in [7, 11) is 0. The van der Waals surface area contributed by atoms with E-state index in [1.54, 1.807) is 0 Å². The van der Waals surface area contributed by atoms with Gasteiger partial charge in [0, 0.05) is 58.9 Å². The van der Waals surface area contributed by atoms with Crippen LogP contribution in [0.15, 0.2) is 223 Å². The number of fused-ring (bicyclic) bond motifs is 4. The quantitative estimate of drug-likeness (QED) is 0.0970. The molecule has 8 nitrogen and oxygen atoms in total. The average molecular weight is 833 g/mol. The molecule has 64 heavy (non-hydrogen) atoms. The van der Waals surface area contributed by atoms with Crippen LogP contribution < -0.4 is 14.6 Å². The van der Waals surface area contributed by atoms with E-state index in [-0.39, 0.29) is 11.1 Å². The summed E-state index contributed by atoms with van der Waals surface area (Å²) in [5, 5.41) is 68.6. The number of allylic oxidation sites excluding steroid dienone is 4. The molecule has 0 saturated heterocycles. The highest BCUT2D eigenvalue weighted by Crippen LogP contribution is 2.49. The van der Waals surface area contributed by atoms with Gasteiger partial charge in [0.15, 0.2) is 5.78 Å². The van der Waals surface area contributed by atoms with Crippen LogP contribution in [0.4, 0.5) is 28.4 Å². The van der Waals surface area contributed by atoms with E-state index in [1.165, 1.54) is 24.3 Å². The number of hydrogen-bond donors (Lipinski definition) is 4. The van der Waals surface area contributed by atoms with Crippen LogP contribution in [0.1, 0.15) is 5.56 Å². The molecule has 0 aliphatic heterocycles. The van der Waals surface area contributed by atoms with Crippen molar-refractivity contribution in [2.45, 2.75) is 0 Å². The van der Waals surface area contributed by atoms with Gasteiger partial charge in [-0.15, -0.1) is 0 Å². The second-order valence-electron chi connectivity index (χ2n) is 15.9. The molecule has 2 aliphatic carbocycles. The van der Waals surface area contributed by atoms with Crippen molar-refractivity contribution in [1.82, 2.24) is 4.58 Å². The number of carbonyl (C=O) groups excluding carboxylic acids is 1. The second-order valence-corrected chi connectivity index (χ2v) is 15.9. The van der Waals surface area contributed by atoms with Gasteiger partial charge in [0.05, 0.1) is 29.0 Å². The van der Waals surface area contributed by atoms with E-state index in [1.807, 2.05) is 179 Å². The lowest BCUT2D eigenvalue weighted by Gasteiger charge is -2.34. The zero-order chi connectivity index (χ0) is 43.6. The summed E-state index contributed by atoms with van der Waals surface area (Å²) < 4.78 is 1.88. The lowest BCUT2D eigenvalue weighted by atomic mass is 9.78. The molecule has 306 valence electrons. The maximum absolute atomic E-state index is 14.0. The fraction of sp³-hybridized carbons (Fsp3) is 0. The van der Waals surface area contributed by atoms with Crippen LogP contribution >= 0.6 is 0 Å². The summed E-state index contributed by atoms with van der Waals surface area (Å²) in [6.07, 6.45) is 2.81. The zero-order valence-corrected chi connectivity index (χ0v) is 34.0. The Kier molecular flexibility index (Phi) is 8.88. The molecule has 0 radical (unpaired) electrons. The van der Waals surface area contributed by atoms with Gasteiger partial charge in [0.25, 0.3) is 0 Å². The Morgan fingerprint density at radius 3 is 1.22 bits per heavy atom. The molecule has 0 fully saturated rings. The van der Waals surface area contributed by atoms with Gasteiger partial charge < -0.3 is 30.4 Å². The third-order valence-electron chi connectivity index (χ3n) is 12.1. The third kappa shape index (κ3) is 6.32. The van der Waals surface area contributed by atoms with Gasteiger partial charge in [-0.1, -0.05) is 115 Å². The van der Waals surface area contributed by atoms with Gasteiger partial charge in [-0.25, -0.2) is 0 Å². The Bertz CT molecular complexity index is 3440. The van der Waals surface area contributed by atoms with Crippen molar-refractivity contribution < 1.29 is 30.3 Å². The van der Waals surface area contributed by atoms with Crippen LogP contribution in [0.5, 0.6) is 11.5 Å². The number of nitrogens with zero attached hydrogens (tertiary/aromatic N) is 2. The summed E-state index contributed by atoms with van der Waals surface area (Å²) in [6, 6.07) is 58.4. The molecule has 9 aromatic rings. The van der Waals surface area contributed by atoms with Gasteiger partial charge >= 0.3 is 0 Å². The molecule has 0 heterocycles. The summed E-state index contributed by atoms with van der Waals surface area (Å²) in [5.74, 6) is -3.68. The fourth-order valence-electron chi connectivity index (χ4n) is 8.97. The lowest BCUT2D eigenvalue weighted by Crippen LogP contribution is -2.32. The van der Waals surface area contributed by atoms with Crippen molar-refractivity contribution >= 4 is 88.6 Å². The normalized spacial score (nSPS) is 14.0. The molecular formula is C56H36N2O6. The highest BCUT2D eigenvalue weighted by Gasteiger charge is 2.38. The first-order valence-electron chi connectivity index (χ1n) is 20.7. The van der Waals surface area contributed by atoms with Crippen molar-refractivity contribution in [3.8, 4) is 11.5 Å². The number of phenolic OH excluding ortho intramolecular Hbond substituents is 2. The van der Waals surface area contributed by atoms with Crippen LogP contribution in [0.2, 0.25) is 0 Å². The Balaban J connectivity index is 1.01. The van der Waals surface area contributed by atoms with E-state index in [9.17, 15) is 30.3 Å². The summed E-state index contributed by atoms with van der Waals surface area (Å²) in [4.78, 5) is 15.9. The number of carbonyl (C=O) groups is 1. The molecule has 0 spiro atoms. The van der Waals surface area contributed by atoms with Crippen LogP contribution in [-0.4, -0.2) is 31.9 Å². The second kappa shape index (κ2) is 14.9. The smallest absolute Gasteiger partial charge is 0.219 e. The number of hydrogen-bond acceptors (Lipinski definition) is 7. The van der Waals surface area contributed by atoms with Gasteiger partial charge in [-0.2, -0.15) is 4.58 Å². The van der Waals surface area contributed by atoms with E-state index < -0.39 is 45.7 Å². The average Bonchev–Trinajstić information content (AvgIpc) is 3.31. The van der Waals surface area contributed by atoms with E-state index in [4.69, 9.17) is 0 Å². The predicted octanol–water partition coefficient (Wildman–Crippen LogP) is 12.0. The molecule has 2 aliphatic rings. The van der Waals surface area contributed by atoms with Crippen LogP contribution in [0.3, 0.4) is 0 Å². The molecule has 0 aromatic heterocycles. The zero-order valence-electron chi connectivity index (χ0n) is 34.0. The number of aliphatic hydroxyl groups excluding tert-OH is 2. The van der Waals surface area contributed by atoms with Crippen molar-refractivity contribution in [3.05, 3.63) is 228 Å². The van der Waals surface area contributed by atoms with Gasteiger partial charge in [0.1, 0.15) is 23.0 Å². The molecule has 0 unspecified atom stereocenters. The molecular weight excluding hydrogens is 797 g/mol. The number of aliphatic hydroxyl groups is 2. The number of anilines is 3. The molecule has 9 aromatic carbocycles. The minimum absolute atomic E-state index is 0.339. The molecule has 8 heteroatoms. The minimum atomic E-state index is -0.844. The number of Topliss-reactive ketones (excluding diaryl/α,β-unsaturated/α-hetero) is 1. The Labute approximate surface area is 366 Å². The van der Waals surface area contributed by atoms with Crippen LogP contribution in [-0.2, 0) is 4.79 Å². The minimum Gasteiger partial charge on any atom is -0.871 e. The Morgan fingerprint density at radius 2 is 0.797 bits per heavy atom. The number of benzene rings is 9. The number of phenols is 2. The lowest BCUT2D eigenvalue weighted by molar-refractivity contribution is -0.297. The molecule has 0 saturated carbocycles. The third-order valence-corrected chi connectivity index (χ3v) is 12.1. The Morgan fingerprint density at radius 1 is 0.406 bits per heavy atom. The van der Waals surface area contributed by atoms with Gasteiger partial charge in [0.2, 0.25) is 17.1 Å². The monoisotopic (exact) mass is 832 g/mol. The first kappa shape index (κ1) is 38.1. The van der Waals surface area contributed by atoms with E-state index in [2.05, 4.69) is 0 Å². The number of ketones is 1. The van der Waals surface area contributed by atoms with Gasteiger partial charge in [-0.05, 0) is 79.5 Å². The number of rotatable bonds is 6. The highest BCUT2D eigenvalue weighted by atomic mass is 16.3. The first-order chi connectivity index (χ1) is 31.2. The molecule has 0 amide bonds. The highest BCUT2D eigenvalue weighted by molar-refractivity contribution is 6.40. The maximum Gasteiger partial charge on any atom is 0.219 e. The molecule has 0 bridgehead atoms. The topological polar surface area (TPSA) is 127 Å². The summed E-state index contributed by atoms with van der Waals surface area (Å²) in [6.45, 7) is 0. The summed E-state index contributed by atoms with van der Waals surface area (Å²) in [5.41, 5.74) is 2.13. The number of aromatic hydroxyl groups is 2. The summed E-state index contributed by atoms with van der Waals surface area (Å²) >= 11 is 0. The van der Waals surface area contributed by atoms with E-state index >= 15 is 0 Å². The van der Waals surface area contributed by atoms with Gasteiger partial charge in [-0.3, -0.25) is 4.79 Å². The first-order valence-corrected chi connectivity index (χ1v) is 20.7. The molecule has 11 rings (SSSR count). The largest absolute Gasteiger partial charge is 0.871 e. The van der Waals surface area contributed by atoms with Crippen molar-refractivity contribution in [3.63, 3.8) is 0 Å². The van der Waals surface area contributed by atoms with E-state index in [0.717, 1.165) is 65.8 Å². The SMILES string of the molecule is O=C1C(=C2C(O)=CC(=[N+](c3ccc4ccccc4c3)c3ccc4ccccc4c3)C=C2O)C([O-])=C1c1c(O)cc(N(c2ccc3ccccc3c2)c2ccc3ccccc3c2)cc1O. The van der Waals surface area contributed by atoms with E-state index in [0.29, 0.717) is 11.4 Å². The van der Waals surface area contributed by atoms with Crippen LogP contribution in [0.25, 0.3) is 48.7 Å². The predicted molar refractivity (Wildman–Crippen MR) is 254 cm³/mol. The van der Waals surface area contributed by atoms with Crippen LogP contribution in [0, 0.1) is 0 Å². The Hall–Kier alpha value is -8.88. The maximum atomic E-state index is 14.0. The fourth-order valence-corrected chi connectivity index (χ4v) is 8.97. The van der Waals surface area contributed by atoms with Crippen molar-refractivity contribution in [2.24, 2.45) is 0 Å². The standard InChI is InChI=1S/C56H36N2O6/c59-47-29-45(57(41-21-17-33-9-1-5-13-37(33)25-41)42-22-18-34-10-2-6-14-38(34)26-42)30-48(60)51(47)53-55(63)54(56(53)64)52-49(61)31-46(32-50(52)62)58(43-23-19-35-11-3-7-15-39(35)27-43)44-24-20-36-12-4-8-16-40(36)28-44/h1-32H,(H4,59,60,61,62,63,64). The van der Waals surface area contributed by atoms with Crippen molar-refractivity contribution in [1.29, 1.82) is 0 Å². The van der Waals surface area contributed by atoms with Crippen molar-refractivity contribution in [2.75, 3.05) is 4.90 Å².